The van der Waals surface area contributed by atoms with Gasteiger partial charge in [0.1, 0.15) is 17.5 Å². The molecule has 3 rings (SSSR count). The van der Waals surface area contributed by atoms with E-state index in [0.29, 0.717) is 22.5 Å². The van der Waals surface area contributed by atoms with Crippen molar-refractivity contribution in [3.05, 3.63) is 75.9 Å². The van der Waals surface area contributed by atoms with E-state index in [1.807, 2.05) is 0 Å². The van der Waals surface area contributed by atoms with Crippen molar-refractivity contribution in [2.24, 2.45) is 4.99 Å². The third kappa shape index (κ3) is 5.12. The fourth-order valence-corrected chi connectivity index (χ4v) is 3.29. The van der Waals surface area contributed by atoms with Crippen molar-refractivity contribution in [1.82, 2.24) is 19.7 Å². The predicted molar refractivity (Wildman–Crippen MR) is 126 cm³/mol. The molecule has 5 N–H and O–H groups in total. The van der Waals surface area contributed by atoms with Crippen molar-refractivity contribution in [3.8, 4) is 5.82 Å². The minimum absolute atomic E-state index is 0.0229. The molecule has 2 aromatic heterocycles. The number of ether oxygens (including phenoxy) is 1. The van der Waals surface area contributed by atoms with E-state index < -0.39 is 5.97 Å². The number of nitrogens with two attached hydrogens (primary N) is 2. The van der Waals surface area contributed by atoms with E-state index in [1.54, 1.807) is 39.1 Å². The number of aliphatic imine (C=N–C) groups is 1. The number of anilines is 2. The summed E-state index contributed by atoms with van der Waals surface area (Å²) in [6.07, 6.45) is 1.46. The molecule has 0 aliphatic rings. The molecule has 172 valence electrons. The van der Waals surface area contributed by atoms with Crippen molar-refractivity contribution in [3.63, 3.8) is 0 Å². The van der Waals surface area contributed by atoms with Gasteiger partial charge in [0.25, 0.3) is 0 Å². The number of benzene rings is 1. The number of nitrogens with zero attached hydrogens (tertiary/aromatic N) is 4. The van der Waals surface area contributed by atoms with Crippen LogP contribution in [0.3, 0.4) is 0 Å². The topological polar surface area (TPSA) is 137 Å². The zero-order valence-electron chi connectivity index (χ0n) is 18.3. The largest absolute Gasteiger partial charge is 0.461 e. The van der Waals surface area contributed by atoms with Crippen molar-refractivity contribution in [1.29, 1.82) is 0 Å². The Kier molecular flexibility index (Phi) is 7.29. The maximum Gasteiger partial charge on any atom is 0.358 e. The summed E-state index contributed by atoms with van der Waals surface area (Å²) in [4.78, 5) is 24.1. The lowest BCUT2D eigenvalue weighted by Gasteiger charge is -2.07. The van der Waals surface area contributed by atoms with Crippen LogP contribution in [-0.2, 0) is 4.74 Å². The van der Waals surface area contributed by atoms with Gasteiger partial charge in [0.2, 0.25) is 0 Å². The number of aromatic nitrogens is 4. The second-order valence-electron chi connectivity index (χ2n) is 6.81. The number of esters is 1. The second kappa shape index (κ2) is 10.1. The normalized spacial score (nSPS) is 11.2. The molecule has 0 fully saturated rings. The molecule has 0 bridgehead atoms. The first-order valence-corrected chi connectivity index (χ1v) is 10.3. The van der Waals surface area contributed by atoms with E-state index in [4.69, 9.17) is 27.8 Å². The summed E-state index contributed by atoms with van der Waals surface area (Å²) in [6, 6.07) is 8.90. The van der Waals surface area contributed by atoms with E-state index in [-0.39, 0.29) is 40.6 Å². The van der Waals surface area contributed by atoms with Gasteiger partial charge in [0.05, 0.1) is 23.0 Å². The first-order valence-electron chi connectivity index (χ1n) is 9.90. The number of hydrogen-bond donors (Lipinski definition) is 3. The molecule has 1 aromatic carbocycles. The van der Waals surface area contributed by atoms with Gasteiger partial charge in [-0.2, -0.15) is 5.10 Å². The van der Waals surface area contributed by atoms with Gasteiger partial charge in [-0.25, -0.2) is 18.9 Å². The summed E-state index contributed by atoms with van der Waals surface area (Å²) < 4.78 is 19.7. The lowest BCUT2D eigenvalue weighted by atomic mass is 10.0. The van der Waals surface area contributed by atoms with E-state index in [0.717, 1.165) is 0 Å². The first-order chi connectivity index (χ1) is 15.8. The van der Waals surface area contributed by atoms with Crippen LogP contribution in [0, 0.1) is 12.7 Å². The summed E-state index contributed by atoms with van der Waals surface area (Å²) >= 11 is 6.30. The Morgan fingerprint density at radius 1 is 1.27 bits per heavy atom. The highest BCUT2D eigenvalue weighted by Gasteiger charge is 2.23. The monoisotopic (exact) mass is 471 g/mol. The molecule has 0 radical (unpaired) electrons. The molecule has 0 aliphatic carbocycles. The Morgan fingerprint density at radius 2 is 1.97 bits per heavy atom. The third-order valence-corrected chi connectivity index (χ3v) is 5.02. The highest BCUT2D eigenvalue weighted by Crippen LogP contribution is 2.24. The fourth-order valence-electron chi connectivity index (χ4n) is 3.10. The van der Waals surface area contributed by atoms with E-state index in [9.17, 15) is 9.18 Å². The molecule has 0 spiro atoms. The van der Waals surface area contributed by atoms with Crippen LogP contribution in [0.1, 0.15) is 34.2 Å². The molecule has 2 heterocycles. The molecule has 9 nitrogen and oxygen atoms in total. The van der Waals surface area contributed by atoms with Gasteiger partial charge in [-0.05, 0) is 44.2 Å². The molecule has 0 aliphatic heterocycles. The Labute approximate surface area is 194 Å². The highest BCUT2D eigenvalue weighted by atomic mass is 35.5. The van der Waals surface area contributed by atoms with Crippen LogP contribution in [0.15, 0.2) is 47.6 Å². The van der Waals surface area contributed by atoms with Crippen LogP contribution < -0.4 is 11.5 Å². The van der Waals surface area contributed by atoms with Crippen molar-refractivity contribution in [2.75, 3.05) is 25.1 Å². The Bertz CT molecular complexity index is 1260. The molecule has 11 heteroatoms. The Balaban J connectivity index is 2.20. The van der Waals surface area contributed by atoms with Gasteiger partial charge in [0.15, 0.2) is 11.5 Å². The number of nitrogens with one attached hydrogen (secondary N) is 1. The summed E-state index contributed by atoms with van der Waals surface area (Å²) in [5.74, 6) is -0.501. The Morgan fingerprint density at radius 3 is 2.61 bits per heavy atom. The standard InChI is InChI=1S/C22H23ClFN7O2/c1-4-33-22(32)20-18(23)12(2)30-31(20)17-11-16(25)29-21(26)15(9-10-28-17)19(27-3)13-5-7-14(24)8-6-13/h5-11,29H,4,25-26H2,1-3H3. The molecule has 0 saturated heterocycles. The van der Waals surface area contributed by atoms with Crippen LogP contribution >= 0.6 is 11.6 Å². The van der Waals surface area contributed by atoms with Crippen molar-refractivity contribution >= 4 is 34.9 Å². The van der Waals surface area contributed by atoms with Gasteiger partial charge in [-0.1, -0.05) is 11.6 Å². The summed E-state index contributed by atoms with van der Waals surface area (Å²) in [6.45, 7) is 3.51. The maximum atomic E-state index is 13.4. The number of halogens is 2. The maximum absolute atomic E-state index is 13.4. The molecule has 0 saturated carbocycles. The average molecular weight is 472 g/mol. The average Bonchev–Trinajstić information content (AvgIpc) is 3.10. The smallest absolute Gasteiger partial charge is 0.358 e. The molecule has 0 atom stereocenters. The van der Waals surface area contributed by atoms with E-state index >= 15 is 0 Å². The van der Waals surface area contributed by atoms with Gasteiger partial charge < -0.3 is 21.2 Å². The summed E-state index contributed by atoms with van der Waals surface area (Å²) in [5.41, 5.74) is 14.4. The molecular formula is C22H23ClFN7O2. The van der Waals surface area contributed by atoms with Gasteiger partial charge in [0, 0.05) is 30.4 Å². The molecule has 0 unspecified atom stereocenters. The SMILES string of the molecule is CCOC(=O)c1c(Cl)c(C)nn1-c1cc(N)[nH]c(N)c(C(=NC)c2ccc(F)cc2)ccn1. The fraction of sp³-hybridized carbons (Fsp3) is 0.182. The van der Waals surface area contributed by atoms with Crippen LogP contribution in [0.5, 0.6) is 0 Å². The molecular weight excluding hydrogens is 449 g/mol. The minimum atomic E-state index is -0.648. The third-order valence-electron chi connectivity index (χ3n) is 4.57. The number of hydrogen-bond acceptors (Lipinski definition) is 7. The number of aromatic amines is 1. The second-order valence-corrected chi connectivity index (χ2v) is 7.19. The highest BCUT2D eigenvalue weighted by molar-refractivity contribution is 6.34. The van der Waals surface area contributed by atoms with Crippen LogP contribution in [0.2, 0.25) is 5.02 Å². The van der Waals surface area contributed by atoms with E-state index in [1.165, 1.54) is 29.1 Å². The molecule has 33 heavy (non-hydrogen) atoms. The van der Waals surface area contributed by atoms with Crippen LogP contribution in [0.25, 0.3) is 5.82 Å². The Hall–Kier alpha value is -3.92. The number of H-pyrrole nitrogens is 1. The van der Waals surface area contributed by atoms with Gasteiger partial charge in [-0.15, -0.1) is 0 Å². The van der Waals surface area contributed by atoms with Crippen molar-refractivity contribution in [2.45, 2.75) is 13.8 Å². The van der Waals surface area contributed by atoms with Crippen molar-refractivity contribution < 1.29 is 13.9 Å². The van der Waals surface area contributed by atoms with Gasteiger partial charge >= 0.3 is 5.97 Å². The number of carbonyl (C=O) groups excluding carboxylic acids is 1. The number of aryl methyl sites for hydroxylation is 1. The zero-order valence-corrected chi connectivity index (χ0v) is 19.0. The van der Waals surface area contributed by atoms with Gasteiger partial charge in [-0.3, -0.25) is 4.99 Å². The lowest BCUT2D eigenvalue weighted by molar-refractivity contribution is 0.0515. The minimum Gasteiger partial charge on any atom is -0.461 e. The summed E-state index contributed by atoms with van der Waals surface area (Å²) in [5, 5.41) is 4.45. The van der Waals surface area contributed by atoms with Crippen LogP contribution in [-0.4, -0.2) is 45.1 Å². The summed E-state index contributed by atoms with van der Waals surface area (Å²) in [7, 11) is 1.59. The predicted octanol–water partition coefficient (Wildman–Crippen LogP) is 3.63. The van der Waals surface area contributed by atoms with Crippen LogP contribution in [0.4, 0.5) is 16.0 Å². The van der Waals surface area contributed by atoms with E-state index in [2.05, 4.69) is 20.1 Å². The number of carbonyl (C=O) groups is 1. The quantitative estimate of drug-likeness (QED) is 0.384. The lowest BCUT2D eigenvalue weighted by Crippen LogP contribution is -2.13. The molecule has 0 amide bonds. The zero-order chi connectivity index (χ0) is 24.1. The number of rotatable bonds is 5. The number of nitrogen functional groups attached to an aromatic ring is 2. The molecule has 3 aromatic rings. The first kappa shape index (κ1) is 23.7.